The first-order valence-electron chi connectivity index (χ1n) is 9.93. The summed E-state index contributed by atoms with van der Waals surface area (Å²) < 4.78 is 5.79. The van der Waals surface area contributed by atoms with Crippen LogP contribution in [0.2, 0.25) is 0 Å². The molecule has 0 aliphatic heterocycles. The lowest BCUT2D eigenvalue weighted by molar-refractivity contribution is 0.0932. The molecular formula is C23H24N4O2. The fourth-order valence-corrected chi connectivity index (χ4v) is 3.36. The van der Waals surface area contributed by atoms with Gasteiger partial charge >= 0.3 is 0 Å². The minimum atomic E-state index is -0.157. The largest absolute Gasteiger partial charge is 0.489 e. The molecule has 0 unspecified atom stereocenters. The van der Waals surface area contributed by atoms with Gasteiger partial charge in [0.2, 0.25) is 0 Å². The van der Waals surface area contributed by atoms with Crippen LogP contribution in [0.1, 0.15) is 41.7 Å². The third-order valence-electron chi connectivity index (χ3n) is 4.95. The first-order valence-corrected chi connectivity index (χ1v) is 9.93. The van der Waals surface area contributed by atoms with Gasteiger partial charge in [-0.3, -0.25) is 4.79 Å². The highest BCUT2D eigenvalue weighted by molar-refractivity contribution is 5.92. The van der Waals surface area contributed by atoms with Crippen LogP contribution >= 0.6 is 0 Å². The van der Waals surface area contributed by atoms with E-state index >= 15 is 0 Å². The van der Waals surface area contributed by atoms with E-state index in [2.05, 4.69) is 20.6 Å². The van der Waals surface area contributed by atoms with E-state index in [1.807, 2.05) is 54.6 Å². The van der Waals surface area contributed by atoms with Crippen molar-refractivity contribution in [2.75, 3.05) is 5.32 Å². The standard InChI is InChI=1S/C23H24N4O2/c28-23(27-18-8-4-5-9-18)21-14-25-22(15-24-21)26-19-10-12-20(13-11-19)29-16-17-6-2-1-3-7-17/h1-3,6-7,10-15,18H,4-5,8-9,16H2,(H,25,26)(H,27,28). The quantitative estimate of drug-likeness (QED) is 0.624. The summed E-state index contributed by atoms with van der Waals surface area (Å²) >= 11 is 0. The molecule has 6 heteroatoms. The number of carbonyl (C=O) groups is 1. The zero-order valence-corrected chi connectivity index (χ0v) is 16.2. The first kappa shape index (κ1) is 18.9. The van der Waals surface area contributed by atoms with Crippen molar-refractivity contribution in [2.45, 2.75) is 38.3 Å². The van der Waals surface area contributed by atoms with Gasteiger partial charge in [-0.05, 0) is 42.7 Å². The topological polar surface area (TPSA) is 76.1 Å². The molecule has 0 atom stereocenters. The summed E-state index contributed by atoms with van der Waals surface area (Å²) in [5, 5.41) is 6.20. The van der Waals surface area contributed by atoms with Crippen molar-refractivity contribution in [3.8, 4) is 5.75 Å². The minimum Gasteiger partial charge on any atom is -0.489 e. The number of carbonyl (C=O) groups excluding carboxylic acids is 1. The molecule has 4 rings (SSSR count). The van der Waals surface area contributed by atoms with E-state index in [0.29, 0.717) is 18.1 Å². The summed E-state index contributed by atoms with van der Waals surface area (Å²) in [5.41, 5.74) is 2.34. The third-order valence-corrected chi connectivity index (χ3v) is 4.95. The van der Waals surface area contributed by atoms with E-state index < -0.39 is 0 Å². The Bertz CT molecular complexity index is 921. The van der Waals surface area contributed by atoms with Crippen LogP contribution in [-0.4, -0.2) is 21.9 Å². The number of hydrogen-bond acceptors (Lipinski definition) is 5. The number of nitrogens with one attached hydrogen (secondary N) is 2. The molecule has 0 bridgehead atoms. The van der Waals surface area contributed by atoms with Crippen molar-refractivity contribution in [2.24, 2.45) is 0 Å². The SMILES string of the molecule is O=C(NC1CCCC1)c1cnc(Nc2ccc(OCc3ccccc3)cc2)cn1. The van der Waals surface area contributed by atoms with E-state index in [9.17, 15) is 4.79 Å². The Morgan fingerprint density at radius 1 is 0.966 bits per heavy atom. The highest BCUT2D eigenvalue weighted by Crippen LogP contribution is 2.20. The molecule has 1 saturated carbocycles. The number of amides is 1. The molecule has 2 aromatic carbocycles. The number of rotatable bonds is 7. The van der Waals surface area contributed by atoms with Crippen molar-refractivity contribution in [1.82, 2.24) is 15.3 Å². The number of ether oxygens (including phenoxy) is 1. The van der Waals surface area contributed by atoms with Gasteiger partial charge in [-0.25, -0.2) is 9.97 Å². The van der Waals surface area contributed by atoms with Gasteiger partial charge in [0, 0.05) is 11.7 Å². The van der Waals surface area contributed by atoms with Crippen molar-refractivity contribution in [3.05, 3.63) is 78.2 Å². The second kappa shape index (κ2) is 9.19. The second-order valence-electron chi connectivity index (χ2n) is 7.17. The zero-order chi connectivity index (χ0) is 19.9. The van der Waals surface area contributed by atoms with Crippen LogP contribution in [0.5, 0.6) is 5.75 Å². The van der Waals surface area contributed by atoms with Crippen LogP contribution in [-0.2, 0) is 6.61 Å². The fourth-order valence-electron chi connectivity index (χ4n) is 3.36. The van der Waals surface area contributed by atoms with Crippen LogP contribution in [0.25, 0.3) is 0 Å². The monoisotopic (exact) mass is 388 g/mol. The average Bonchev–Trinajstić information content (AvgIpc) is 3.27. The van der Waals surface area contributed by atoms with Gasteiger partial charge in [-0.2, -0.15) is 0 Å². The Morgan fingerprint density at radius 2 is 1.72 bits per heavy atom. The highest BCUT2D eigenvalue weighted by atomic mass is 16.5. The molecule has 0 radical (unpaired) electrons. The van der Waals surface area contributed by atoms with Gasteiger partial charge in [0.15, 0.2) is 0 Å². The summed E-state index contributed by atoms with van der Waals surface area (Å²) in [4.78, 5) is 20.8. The molecule has 0 saturated heterocycles. The predicted molar refractivity (Wildman–Crippen MR) is 112 cm³/mol. The molecule has 3 aromatic rings. The molecule has 1 heterocycles. The minimum absolute atomic E-state index is 0.157. The average molecular weight is 388 g/mol. The lowest BCUT2D eigenvalue weighted by atomic mass is 10.2. The fraction of sp³-hybridized carbons (Fsp3) is 0.261. The molecule has 2 N–H and O–H groups in total. The molecular weight excluding hydrogens is 364 g/mol. The van der Waals surface area contributed by atoms with Crippen LogP contribution in [0, 0.1) is 0 Å². The third kappa shape index (κ3) is 5.31. The first-order chi connectivity index (χ1) is 14.3. The normalized spacial score (nSPS) is 13.8. The van der Waals surface area contributed by atoms with E-state index in [1.54, 1.807) is 6.20 Å². The Balaban J connectivity index is 1.30. The zero-order valence-electron chi connectivity index (χ0n) is 16.2. The number of hydrogen-bond donors (Lipinski definition) is 2. The Labute approximate surface area is 170 Å². The van der Waals surface area contributed by atoms with Crippen molar-refractivity contribution >= 4 is 17.4 Å². The molecule has 1 aromatic heterocycles. The van der Waals surface area contributed by atoms with E-state index in [0.717, 1.165) is 29.8 Å². The van der Waals surface area contributed by atoms with Crippen molar-refractivity contribution in [1.29, 1.82) is 0 Å². The molecule has 0 spiro atoms. The van der Waals surface area contributed by atoms with Gasteiger partial charge < -0.3 is 15.4 Å². The highest BCUT2D eigenvalue weighted by Gasteiger charge is 2.18. The van der Waals surface area contributed by atoms with Gasteiger partial charge in [0.1, 0.15) is 23.9 Å². The predicted octanol–water partition coefficient (Wildman–Crippen LogP) is 4.47. The molecule has 1 aliphatic carbocycles. The van der Waals surface area contributed by atoms with Crippen molar-refractivity contribution < 1.29 is 9.53 Å². The summed E-state index contributed by atoms with van der Waals surface area (Å²) in [7, 11) is 0. The molecule has 1 amide bonds. The smallest absolute Gasteiger partial charge is 0.271 e. The summed E-state index contributed by atoms with van der Waals surface area (Å²) in [6.07, 6.45) is 7.52. The number of benzene rings is 2. The molecule has 1 aliphatic rings. The molecule has 6 nitrogen and oxygen atoms in total. The molecule has 29 heavy (non-hydrogen) atoms. The van der Waals surface area contributed by atoms with Crippen LogP contribution in [0.3, 0.4) is 0 Å². The Morgan fingerprint density at radius 3 is 2.41 bits per heavy atom. The lowest BCUT2D eigenvalue weighted by Crippen LogP contribution is -2.33. The lowest BCUT2D eigenvalue weighted by Gasteiger charge is -2.11. The summed E-state index contributed by atoms with van der Waals surface area (Å²) in [5.74, 6) is 1.22. The van der Waals surface area contributed by atoms with E-state index in [4.69, 9.17) is 4.74 Å². The molecule has 148 valence electrons. The maximum Gasteiger partial charge on any atom is 0.271 e. The number of anilines is 2. The maximum atomic E-state index is 12.2. The summed E-state index contributed by atoms with van der Waals surface area (Å²) in [6.45, 7) is 0.531. The van der Waals surface area contributed by atoms with Gasteiger partial charge in [-0.15, -0.1) is 0 Å². The molecule has 1 fully saturated rings. The Hall–Kier alpha value is -3.41. The Kier molecular flexibility index (Phi) is 6.00. The van der Waals surface area contributed by atoms with Crippen molar-refractivity contribution in [3.63, 3.8) is 0 Å². The van der Waals surface area contributed by atoms with E-state index in [-0.39, 0.29) is 11.9 Å². The van der Waals surface area contributed by atoms with E-state index in [1.165, 1.54) is 19.0 Å². The summed E-state index contributed by atoms with van der Waals surface area (Å²) in [6, 6.07) is 18.0. The van der Waals surface area contributed by atoms with Gasteiger partial charge in [-0.1, -0.05) is 43.2 Å². The van der Waals surface area contributed by atoms with Crippen LogP contribution in [0.4, 0.5) is 11.5 Å². The number of nitrogens with zero attached hydrogens (tertiary/aromatic N) is 2. The van der Waals surface area contributed by atoms with Gasteiger partial charge in [0.05, 0.1) is 12.4 Å². The second-order valence-corrected chi connectivity index (χ2v) is 7.17. The number of aromatic nitrogens is 2. The van der Waals surface area contributed by atoms with Crippen LogP contribution in [0.15, 0.2) is 67.0 Å². The van der Waals surface area contributed by atoms with Gasteiger partial charge in [0.25, 0.3) is 5.91 Å². The maximum absolute atomic E-state index is 12.2. The van der Waals surface area contributed by atoms with Crippen LogP contribution < -0.4 is 15.4 Å².